The van der Waals surface area contributed by atoms with Crippen molar-refractivity contribution in [3.63, 3.8) is 0 Å². The molecule has 0 radical (unpaired) electrons. The number of nitrogens with one attached hydrogen (secondary N) is 1. The van der Waals surface area contributed by atoms with Crippen LogP contribution < -0.4 is 14.8 Å². The Balaban J connectivity index is 1.74. The highest BCUT2D eigenvalue weighted by Crippen LogP contribution is 2.24. The van der Waals surface area contributed by atoms with Gasteiger partial charge in [0.15, 0.2) is 13.2 Å². The lowest BCUT2D eigenvalue weighted by Gasteiger charge is -2.17. The van der Waals surface area contributed by atoms with Crippen molar-refractivity contribution >= 4 is 11.9 Å². The van der Waals surface area contributed by atoms with E-state index in [0.717, 1.165) is 12.0 Å². The number of methoxy groups -OCH3 is 1. The van der Waals surface area contributed by atoms with Crippen molar-refractivity contribution < 1.29 is 23.8 Å². The summed E-state index contributed by atoms with van der Waals surface area (Å²) < 4.78 is 15.6. The lowest BCUT2D eigenvalue weighted by atomic mass is 10.1. The number of rotatable bonds is 9. The Morgan fingerprint density at radius 3 is 2.41 bits per heavy atom. The number of ether oxygens (including phenoxy) is 3. The third kappa shape index (κ3) is 6.33. The number of carbonyl (C=O) groups excluding carboxylic acids is 2. The van der Waals surface area contributed by atoms with Crippen molar-refractivity contribution in [1.82, 2.24) is 5.32 Å². The Kier molecular flexibility index (Phi) is 7.67. The fourth-order valence-electron chi connectivity index (χ4n) is 2.54. The van der Waals surface area contributed by atoms with Crippen molar-refractivity contribution in [1.29, 1.82) is 0 Å². The topological polar surface area (TPSA) is 73.9 Å². The molecule has 0 bridgehead atoms. The highest BCUT2D eigenvalue weighted by atomic mass is 16.6. The van der Waals surface area contributed by atoms with Gasteiger partial charge >= 0.3 is 5.97 Å². The van der Waals surface area contributed by atoms with Crippen molar-refractivity contribution in [3.8, 4) is 11.5 Å². The molecular formula is C21H25NO5. The van der Waals surface area contributed by atoms with Gasteiger partial charge in [0.25, 0.3) is 5.91 Å². The summed E-state index contributed by atoms with van der Waals surface area (Å²) in [5.74, 6) is 0.270. The summed E-state index contributed by atoms with van der Waals surface area (Å²) in [7, 11) is 1.57. The molecule has 6 heteroatoms. The third-order valence-corrected chi connectivity index (χ3v) is 4.04. The number of carbonyl (C=O) groups is 2. The summed E-state index contributed by atoms with van der Waals surface area (Å²) in [6.45, 7) is 3.28. The second-order valence-corrected chi connectivity index (χ2v) is 5.98. The van der Waals surface area contributed by atoms with E-state index in [1.807, 2.05) is 43.3 Å². The summed E-state index contributed by atoms with van der Waals surface area (Å²) in [5.41, 5.74) is 2.03. The molecule has 0 aliphatic carbocycles. The van der Waals surface area contributed by atoms with Gasteiger partial charge in [-0.3, -0.25) is 4.79 Å². The first-order valence-corrected chi connectivity index (χ1v) is 8.83. The maximum atomic E-state index is 12.0. The standard InChI is InChI=1S/C21H25NO5/c1-4-16-9-11-17(12-10-16)26-14-21(24)27-13-20(23)22-15(2)18-7-5-6-8-19(18)25-3/h5-12,15H,4,13-14H2,1-3H3,(H,22,23). The van der Waals surface area contributed by atoms with Gasteiger partial charge in [0.1, 0.15) is 11.5 Å². The zero-order valence-corrected chi connectivity index (χ0v) is 15.9. The lowest BCUT2D eigenvalue weighted by molar-refractivity contribution is -0.150. The van der Waals surface area contributed by atoms with Gasteiger partial charge in [-0.25, -0.2) is 4.79 Å². The van der Waals surface area contributed by atoms with Crippen molar-refractivity contribution in [2.75, 3.05) is 20.3 Å². The minimum absolute atomic E-state index is 0.249. The molecule has 6 nitrogen and oxygen atoms in total. The molecule has 2 rings (SSSR count). The van der Waals surface area contributed by atoms with Crippen LogP contribution in [0, 0.1) is 0 Å². The van der Waals surface area contributed by atoms with Gasteiger partial charge in [-0.1, -0.05) is 37.3 Å². The molecule has 0 fully saturated rings. The van der Waals surface area contributed by atoms with E-state index in [1.54, 1.807) is 19.2 Å². The predicted octanol–water partition coefficient (Wildman–Crippen LogP) is 3.06. The summed E-state index contributed by atoms with van der Waals surface area (Å²) >= 11 is 0. The maximum absolute atomic E-state index is 12.0. The van der Waals surface area contributed by atoms with E-state index < -0.39 is 11.9 Å². The van der Waals surface area contributed by atoms with E-state index in [-0.39, 0.29) is 19.3 Å². The van der Waals surface area contributed by atoms with E-state index in [1.165, 1.54) is 5.56 Å². The van der Waals surface area contributed by atoms with E-state index in [9.17, 15) is 9.59 Å². The molecule has 0 aromatic heterocycles. The molecule has 0 heterocycles. The Morgan fingerprint density at radius 2 is 1.74 bits per heavy atom. The largest absolute Gasteiger partial charge is 0.496 e. The van der Waals surface area contributed by atoms with E-state index in [2.05, 4.69) is 12.2 Å². The Hall–Kier alpha value is -3.02. The Morgan fingerprint density at radius 1 is 1.04 bits per heavy atom. The molecule has 27 heavy (non-hydrogen) atoms. The number of benzene rings is 2. The first-order chi connectivity index (χ1) is 13.0. The molecular weight excluding hydrogens is 346 g/mol. The molecule has 2 aromatic carbocycles. The fourth-order valence-corrected chi connectivity index (χ4v) is 2.54. The van der Waals surface area contributed by atoms with Crippen LogP contribution in [0.2, 0.25) is 0 Å². The van der Waals surface area contributed by atoms with Crippen molar-refractivity contribution in [3.05, 3.63) is 59.7 Å². The second kappa shape index (κ2) is 10.2. The van der Waals surface area contributed by atoms with Crippen LogP contribution in [0.15, 0.2) is 48.5 Å². The normalized spacial score (nSPS) is 11.4. The van der Waals surface area contributed by atoms with Crippen molar-refractivity contribution in [2.45, 2.75) is 26.3 Å². The van der Waals surface area contributed by atoms with Gasteiger partial charge in [0, 0.05) is 5.56 Å². The molecule has 1 atom stereocenters. The molecule has 2 aromatic rings. The molecule has 0 aliphatic heterocycles. The highest BCUT2D eigenvalue weighted by molar-refractivity contribution is 5.81. The van der Waals surface area contributed by atoms with Crippen LogP contribution in [0.4, 0.5) is 0 Å². The monoisotopic (exact) mass is 371 g/mol. The minimum atomic E-state index is -0.602. The number of esters is 1. The number of amides is 1. The van der Waals surface area contributed by atoms with Gasteiger partial charge in [-0.2, -0.15) is 0 Å². The van der Waals surface area contributed by atoms with Gasteiger partial charge in [0.2, 0.25) is 0 Å². The summed E-state index contributed by atoms with van der Waals surface area (Å²) in [4.78, 5) is 23.8. The highest BCUT2D eigenvalue weighted by Gasteiger charge is 2.15. The lowest BCUT2D eigenvalue weighted by Crippen LogP contribution is -2.32. The first-order valence-electron chi connectivity index (χ1n) is 8.83. The van der Waals surface area contributed by atoms with Crippen LogP contribution in [-0.4, -0.2) is 32.2 Å². The van der Waals surface area contributed by atoms with Crippen LogP contribution in [-0.2, 0) is 20.7 Å². The van der Waals surface area contributed by atoms with Crippen LogP contribution >= 0.6 is 0 Å². The number of hydrogen-bond donors (Lipinski definition) is 1. The smallest absolute Gasteiger partial charge is 0.344 e. The van der Waals surface area contributed by atoms with Gasteiger partial charge in [0.05, 0.1) is 13.2 Å². The molecule has 1 N–H and O–H groups in total. The molecule has 0 aliphatic rings. The minimum Gasteiger partial charge on any atom is -0.496 e. The summed E-state index contributed by atoms with van der Waals surface area (Å²) in [6, 6.07) is 14.6. The first kappa shape index (κ1) is 20.3. The van der Waals surface area contributed by atoms with Crippen LogP contribution in [0.3, 0.4) is 0 Å². The van der Waals surface area contributed by atoms with E-state index in [4.69, 9.17) is 14.2 Å². The molecule has 0 spiro atoms. The van der Waals surface area contributed by atoms with Crippen molar-refractivity contribution in [2.24, 2.45) is 0 Å². The molecule has 1 amide bonds. The van der Waals surface area contributed by atoms with E-state index in [0.29, 0.717) is 11.5 Å². The fraction of sp³-hybridized carbons (Fsp3) is 0.333. The second-order valence-electron chi connectivity index (χ2n) is 5.98. The number of para-hydroxylation sites is 1. The summed E-state index contributed by atoms with van der Waals surface area (Å²) in [6.07, 6.45) is 0.935. The average Bonchev–Trinajstić information content (AvgIpc) is 2.70. The molecule has 0 saturated heterocycles. The number of aryl methyl sites for hydroxylation is 1. The number of hydrogen-bond acceptors (Lipinski definition) is 5. The quantitative estimate of drug-likeness (QED) is 0.686. The summed E-state index contributed by atoms with van der Waals surface area (Å²) in [5, 5.41) is 2.78. The van der Waals surface area contributed by atoms with Crippen LogP contribution in [0.25, 0.3) is 0 Å². The zero-order chi connectivity index (χ0) is 19.6. The van der Waals surface area contributed by atoms with Gasteiger partial charge in [-0.05, 0) is 37.1 Å². The van der Waals surface area contributed by atoms with Gasteiger partial charge in [-0.15, -0.1) is 0 Å². The predicted molar refractivity (Wildman–Crippen MR) is 102 cm³/mol. The van der Waals surface area contributed by atoms with Crippen LogP contribution in [0.1, 0.15) is 31.0 Å². The third-order valence-electron chi connectivity index (χ3n) is 4.04. The SMILES string of the molecule is CCc1ccc(OCC(=O)OCC(=O)NC(C)c2ccccc2OC)cc1. The molecule has 144 valence electrons. The zero-order valence-electron chi connectivity index (χ0n) is 15.9. The van der Waals surface area contributed by atoms with Gasteiger partial charge < -0.3 is 19.5 Å². The Labute approximate surface area is 159 Å². The molecule has 0 saturated carbocycles. The average molecular weight is 371 g/mol. The van der Waals surface area contributed by atoms with E-state index >= 15 is 0 Å². The molecule has 1 unspecified atom stereocenters. The Bertz CT molecular complexity index is 757. The maximum Gasteiger partial charge on any atom is 0.344 e. The van der Waals surface area contributed by atoms with Crippen LogP contribution in [0.5, 0.6) is 11.5 Å².